The molecule has 2 saturated heterocycles. The number of anilines is 1. The molecule has 0 aromatic heterocycles. The summed E-state index contributed by atoms with van der Waals surface area (Å²) in [5, 5.41) is 33.7. The van der Waals surface area contributed by atoms with Crippen molar-refractivity contribution in [3.05, 3.63) is 23.3 Å². The number of benzene rings is 1. The van der Waals surface area contributed by atoms with Crippen LogP contribution in [0.5, 0.6) is 5.75 Å². The molecule has 11 nitrogen and oxygen atoms in total. The quantitative estimate of drug-likeness (QED) is 0.337. The molecule has 1 aromatic rings. The van der Waals surface area contributed by atoms with Crippen LogP contribution in [0.4, 0.5) is 10.5 Å². The van der Waals surface area contributed by atoms with E-state index in [0.717, 1.165) is 6.07 Å². The number of carbonyl (C=O) groups is 3. The predicted octanol–water partition coefficient (Wildman–Crippen LogP) is 0.0495. The van der Waals surface area contributed by atoms with Crippen LogP contribution in [0, 0.1) is 0 Å². The number of aliphatic hydroxyl groups excluding tert-OH is 1. The zero-order valence-electron chi connectivity index (χ0n) is 17.5. The van der Waals surface area contributed by atoms with E-state index in [4.69, 9.17) is 9.57 Å². The van der Waals surface area contributed by atoms with Crippen LogP contribution in [0.1, 0.15) is 36.7 Å². The Bertz CT molecular complexity index is 974. The maximum absolute atomic E-state index is 12.7. The largest absolute Gasteiger partial charge is 0.508 e. The molecule has 3 aliphatic heterocycles. The van der Waals surface area contributed by atoms with Crippen LogP contribution in [0.3, 0.4) is 0 Å². The van der Waals surface area contributed by atoms with Gasteiger partial charge in [0.1, 0.15) is 29.1 Å². The molecule has 2 fully saturated rings. The summed E-state index contributed by atoms with van der Waals surface area (Å²) in [5.41, 5.74) is -2.96. The summed E-state index contributed by atoms with van der Waals surface area (Å²) >= 11 is 0. The Morgan fingerprint density at radius 3 is 2.58 bits per heavy atom. The highest BCUT2D eigenvalue weighted by Gasteiger charge is 2.77. The molecule has 2 bridgehead atoms. The highest BCUT2D eigenvalue weighted by molar-refractivity contribution is 5.93. The highest BCUT2D eigenvalue weighted by atomic mass is 16.8. The standard InChI is InChI=1S/C20H24N2O9/c1-18(2,3)30-17(27)22-12-7-21-11-5-10(16(26)29-4)6-13(25)14(11)19(8-23,9-24)20(28,31-21)15(12)22/h5-6,8,12,15,24-25,28H,7,9H2,1-4H3/t12-,15-,19-,20+,22?/m0/s1. The number of hydrogen-bond acceptors (Lipinski definition) is 10. The number of nitrogens with zero attached hydrogens (tertiary/aromatic N) is 2. The Kier molecular flexibility index (Phi) is 4.51. The van der Waals surface area contributed by atoms with Crippen molar-refractivity contribution >= 4 is 24.0 Å². The van der Waals surface area contributed by atoms with Crippen molar-refractivity contribution in [2.24, 2.45) is 0 Å². The number of amides is 1. The molecule has 0 aliphatic carbocycles. The molecule has 0 radical (unpaired) electrons. The number of phenols is 1. The summed E-state index contributed by atoms with van der Waals surface area (Å²) in [5.74, 6) is -3.62. The molecular formula is C20H24N2O9. The molecule has 3 heterocycles. The van der Waals surface area contributed by atoms with Crippen LogP contribution >= 0.6 is 0 Å². The second-order valence-corrected chi connectivity index (χ2v) is 8.88. The summed E-state index contributed by atoms with van der Waals surface area (Å²) in [6.45, 7) is 4.22. The van der Waals surface area contributed by atoms with E-state index in [9.17, 15) is 29.7 Å². The smallest absolute Gasteiger partial charge is 0.411 e. The van der Waals surface area contributed by atoms with E-state index in [2.05, 4.69) is 4.74 Å². The first kappa shape index (κ1) is 21.3. The van der Waals surface area contributed by atoms with E-state index in [1.165, 1.54) is 23.1 Å². The molecule has 0 unspecified atom stereocenters. The molecule has 0 spiro atoms. The van der Waals surface area contributed by atoms with Crippen molar-refractivity contribution in [3.63, 3.8) is 0 Å². The normalized spacial score (nSPS) is 30.8. The summed E-state index contributed by atoms with van der Waals surface area (Å²) < 4.78 is 10.1. The number of phenolic OH excluding ortho intramolecular Hbond substituents is 1. The minimum atomic E-state index is -2.37. The van der Waals surface area contributed by atoms with E-state index >= 15 is 0 Å². The van der Waals surface area contributed by atoms with Gasteiger partial charge in [-0.15, -0.1) is 0 Å². The maximum atomic E-state index is 12.7. The fourth-order valence-electron chi connectivity index (χ4n) is 4.46. The molecular weight excluding hydrogens is 412 g/mol. The lowest BCUT2D eigenvalue weighted by atomic mass is 9.69. The summed E-state index contributed by atoms with van der Waals surface area (Å²) in [4.78, 5) is 44.0. The second-order valence-electron chi connectivity index (χ2n) is 8.88. The molecule has 3 N–H and O–H groups in total. The van der Waals surface area contributed by atoms with Crippen LogP contribution in [-0.2, 0) is 24.5 Å². The average Bonchev–Trinajstić information content (AvgIpc) is 3.42. The van der Waals surface area contributed by atoms with Crippen molar-refractivity contribution in [3.8, 4) is 5.75 Å². The van der Waals surface area contributed by atoms with E-state index in [0.29, 0.717) is 0 Å². The van der Waals surface area contributed by atoms with Crippen LogP contribution < -0.4 is 5.06 Å². The number of methoxy groups -OCH3 is 1. The average molecular weight is 436 g/mol. The predicted molar refractivity (Wildman–Crippen MR) is 103 cm³/mol. The molecule has 1 amide bonds. The van der Waals surface area contributed by atoms with Crippen molar-refractivity contribution in [1.82, 2.24) is 4.90 Å². The summed E-state index contributed by atoms with van der Waals surface area (Å²) in [6.07, 6.45) is -0.427. The van der Waals surface area contributed by atoms with Gasteiger partial charge in [-0.2, -0.15) is 0 Å². The number of ether oxygens (including phenoxy) is 2. The summed E-state index contributed by atoms with van der Waals surface area (Å²) in [6, 6.07) is 0.829. The van der Waals surface area contributed by atoms with Gasteiger partial charge in [0.15, 0.2) is 0 Å². The van der Waals surface area contributed by atoms with E-state index in [1.54, 1.807) is 20.8 Å². The van der Waals surface area contributed by atoms with Gasteiger partial charge in [0.25, 0.3) is 0 Å². The topological polar surface area (TPSA) is 146 Å². The molecule has 0 saturated carbocycles. The van der Waals surface area contributed by atoms with E-state index in [-0.39, 0.29) is 29.6 Å². The Morgan fingerprint density at radius 1 is 1.35 bits per heavy atom. The van der Waals surface area contributed by atoms with Gasteiger partial charge in [0.2, 0.25) is 5.79 Å². The Balaban J connectivity index is 1.85. The zero-order chi connectivity index (χ0) is 22.9. The lowest BCUT2D eigenvalue weighted by Crippen LogP contribution is -2.69. The number of aldehydes is 1. The third kappa shape index (κ3) is 2.80. The van der Waals surface area contributed by atoms with Gasteiger partial charge in [-0.1, -0.05) is 0 Å². The third-order valence-electron chi connectivity index (χ3n) is 5.86. The number of fused-ring (bicyclic) bond motifs is 6. The minimum absolute atomic E-state index is 0.0209. The molecule has 168 valence electrons. The molecule has 4 rings (SSSR count). The van der Waals surface area contributed by atoms with Crippen LogP contribution in [0.2, 0.25) is 0 Å². The molecule has 3 aliphatic rings. The van der Waals surface area contributed by atoms with Gasteiger partial charge in [-0.05, 0) is 32.9 Å². The fourth-order valence-corrected chi connectivity index (χ4v) is 4.46. The Morgan fingerprint density at radius 2 is 2.03 bits per heavy atom. The highest BCUT2D eigenvalue weighted by Crippen LogP contribution is 2.58. The lowest BCUT2D eigenvalue weighted by molar-refractivity contribution is -0.271. The van der Waals surface area contributed by atoms with Crippen LogP contribution in [0.15, 0.2) is 12.1 Å². The van der Waals surface area contributed by atoms with Crippen molar-refractivity contribution in [2.75, 3.05) is 25.3 Å². The Hall–Kier alpha value is -2.89. The molecule has 4 atom stereocenters. The second kappa shape index (κ2) is 6.55. The molecule has 11 heteroatoms. The van der Waals surface area contributed by atoms with Crippen molar-refractivity contribution < 1.29 is 44.0 Å². The molecule has 1 aromatic carbocycles. The number of hydrogen-bond donors (Lipinski definition) is 3. The summed E-state index contributed by atoms with van der Waals surface area (Å²) in [7, 11) is 1.17. The monoisotopic (exact) mass is 436 g/mol. The van der Waals surface area contributed by atoms with E-state index < -0.39 is 53.3 Å². The van der Waals surface area contributed by atoms with Crippen molar-refractivity contribution in [2.45, 2.75) is 49.7 Å². The number of hydroxylamine groups is 1. The molecule has 31 heavy (non-hydrogen) atoms. The zero-order valence-corrected chi connectivity index (χ0v) is 17.5. The number of aromatic hydroxyl groups is 1. The van der Waals surface area contributed by atoms with Crippen molar-refractivity contribution in [1.29, 1.82) is 0 Å². The van der Waals surface area contributed by atoms with Gasteiger partial charge in [0.05, 0.1) is 37.6 Å². The number of esters is 1. The van der Waals surface area contributed by atoms with Gasteiger partial charge in [-0.25, -0.2) is 19.5 Å². The van der Waals surface area contributed by atoms with Gasteiger partial charge in [0, 0.05) is 5.56 Å². The lowest BCUT2D eigenvalue weighted by Gasteiger charge is -2.51. The van der Waals surface area contributed by atoms with Gasteiger partial charge >= 0.3 is 12.1 Å². The third-order valence-corrected chi connectivity index (χ3v) is 5.86. The first-order valence-electron chi connectivity index (χ1n) is 9.67. The van der Waals surface area contributed by atoms with E-state index in [1.807, 2.05) is 0 Å². The number of carbonyl (C=O) groups excluding carboxylic acids is 3. The van der Waals surface area contributed by atoms with Crippen LogP contribution in [-0.4, -0.2) is 82.3 Å². The maximum Gasteiger partial charge on any atom is 0.411 e. The van der Waals surface area contributed by atoms with Gasteiger partial charge in [-0.3, -0.25) is 4.90 Å². The SMILES string of the molecule is COC(=O)c1cc(O)c2c(c1)N1C[C@H]3[C@H](N3C(=O)OC(C)(C)C)[C@@](O)(O1)[C@@]2(C=O)CO. The first-order valence-corrected chi connectivity index (χ1v) is 9.67. The van der Waals surface area contributed by atoms with Gasteiger partial charge < -0.3 is 29.6 Å². The number of aliphatic hydroxyl groups is 2. The minimum Gasteiger partial charge on any atom is -0.508 e. The number of rotatable bonds is 3. The van der Waals surface area contributed by atoms with Crippen LogP contribution in [0.25, 0.3) is 0 Å². The first-order chi connectivity index (χ1) is 14.4. The fraction of sp³-hybridized carbons (Fsp3) is 0.550. The Labute approximate surface area is 177 Å².